The van der Waals surface area contributed by atoms with Gasteiger partial charge >= 0.3 is 5.97 Å². The van der Waals surface area contributed by atoms with Crippen LogP contribution in [0.4, 0.5) is 0 Å². The van der Waals surface area contributed by atoms with Crippen LogP contribution >= 0.6 is 27.7 Å². The van der Waals surface area contributed by atoms with Gasteiger partial charge in [-0.15, -0.1) is 0 Å². The van der Waals surface area contributed by atoms with Crippen LogP contribution in [0.2, 0.25) is 0 Å². The van der Waals surface area contributed by atoms with Crippen LogP contribution in [-0.2, 0) is 11.3 Å². The van der Waals surface area contributed by atoms with Crippen molar-refractivity contribution in [3.63, 3.8) is 0 Å². The molecule has 0 saturated heterocycles. The molecule has 118 valence electrons. The molecule has 0 bridgehead atoms. The molecule has 1 aromatic heterocycles. The fourth-order valence-electron chi connectivity index (χ4n) is 2.01. The highest BCUT2D eigenvalue weighted by Crippen LogP contribution is 2.24. The van der Waals surface area contributed by atoms with Crippen LogP contribution in [0, 0.1) is 0 Å². The van der Waals surface area contributed by atoms with Gasteiger partial charge in [-0.3, -0.25) is 10.1 Å². The highest BCUT2D eigenvalue weighted by molar-refractivity contribution is 9.10. The zero-order chi connectivity index (χ0) is 15.9. The van der Waals surface area contributed by atoms with Crippen molar-refractivity contribution in [2.24, 2.45) is 0 Å². The summed E-state index contributed by atoms with van der Waals surface area (Å²) in [4.78, 5) is 11.2. The first-order chi connectivity index (χ1) is 10.6. The minimum absolute atomic E-state index is 0.405. The van der Waals surface area contributed by atoms with Gasteiger partial charge in [-0.25, -0.2) is 0 Å². The van der Waals surface area contributed by atoms with Crippen LogP contribution in [0.5, 0.6) is 0 Å². The highest BCUT2D eigenvalue weighted by Gasteiger charge is 2.16. The van der Waals surface area contributed by atoms with Gasteiger partial charge in [0, 0.05) is 10.0 Å². The second-order valence-electron chi connectivity index (χ2n) is 4.83. The van der Waals surface area contributed by atoms with E-state index in [1.54, 1.807) is 11.8 Å². The Hall–Kier alpha value is -1.24. The molecule has 0 aliphatic rings. The number of nitrogens with one attached hydrogen (secondary N) is 1. The molecule has 4 nitrogen and oxygen atoms in total. The van der Waals surface area contributed by atoms with Crippen molar-refractivity contribution in [2.75, 3.05) is 12.0 Å². The van der Waals surface area contributed by atoms with E-state index in [1.807, 2.05) is 42.7 Å². The predicted octanol–water partition coefficient (Wildman–Crippen LogP) is 4.01. The topological polar surface area (TPSA) is 62.5 Å². The second-order valence-corrected chi connectivity index (χ2v) is 6.73. The zero-order valence-electron chi connectivity index (χ0n) is 12.2. The number of hydrogen-bond acceptors (Lipinski definition) is 4. The van der Waals surface area contributed by atoms with E-state index in [1.165, 1.54) is 0 Å². The van der Waals surface area contributed by atoms with Crippen LogP contribution in [0.15, 0.2) is 45.3 Å². The standard InChI is InChI=1S/C16H18BrNO3S/c1-22-9-8-14(16(19)20)18-10-13-6-7-15(21-13)11-2-4-12(17)5-3-11/h2-7,14,18H,8-10H2,1H3,(H,19,20)/t14-/m1/s1. The predicted molar refractivity (Wildman–Crippen MR) is 93.1 cm³/mol. The molecule has 1 atom stereocenters. The summed E-state index contributed by atoms with van der Waals surface area (Å²) in [5, 5.41) is 12.2. The molecule has 0 fully saturated rings. The molecular weight excluding hydrogens is 366 g/mol. The summed E-state index contributed by atoms with van der Waals surface area (Å²) >= 11 is 5.04. The summed E-state index contributed by atoms with van der Waals surface area (Å²) in [6.07, 6.45) is 2.56. The Kier molecular flexibility index (Phi) is 6.54. The van der Waals surface area contributed by atoms with E-state index in [-0.39, 0.29) is 0 Å². The van der Waals surface area contributed by atoms with Crippen LogP contribution in [0.1, 0.15) is 12.2 Å². The fourth-order valence-corrected chi connectivity index (χ4v) is 2.75. The van der Waals surface area contributed by atoms with Gasteiger partial charge in [-0.2, -0.15) is 11.8 Å². The van der Waals surface area contributed by atoms with Crippen LogP contribution in [0.3, 0.4) is 0 Å². The van der Waals surface area contributed by atoms with E-state index < -0.39 is 12.0 Å². The number of hydrogen-bond donors (Lipinski definition) is 2. The summed E-state index contributed by atoms with van der Waals surface area (Å²) in [7, 11) is 0. The molecule has 1 aromatic carbocycles. The van der Waals surface area contributed by atoms with Gasteiger partial charge in [0.15, 0.2) is 0 Å². The molecule has 0 saturated carbocycles. The lowest BCUT2D eigenvalue weighted by Crippen LogP contribution is -2.36. The Morgan fingerprint density at radius 1 is 1.32 bits per heavy atom. The molecule has 0 aliphatic carbocycles. The van der Waals surface area contributed by atoms with Crippen molar-refractivity contribution in [3.8, 4) is 11.3 Å². The quantitative estimate of drug-likeness (QED) is 0.720. The Bertz CT molecular complexity index is 612. The van der Waals surface area contributed by atoms with E-state index >= 15 is 0 Å². The van der Waals surface area contributed by atoms with Crippen molar-refractivity contribution in [2.45, 2.75) is 19.0 Å². The van der Waals surface area contributed by atoms with E-state index in [0.29, 0.717) is 13.0 Å². The van der Waals surface area contributed by atoms with E-state index in [4.69, 9.17) is 4.42 Å². The third-order valence-electron chi connectivity index (χ3n) is 3.22. The van der Waals surface area contributed by atoms with Crippen molar-refractivity contribution in [1.29, 1.82) is 0 Å². The number of aliphatic carboxylic acids is 1. The van der Waals surface area contributed by atoms with Gasteiger partial charge in [0.05, 0.1) is 6.54 Å². The molecule has 0 spiro atoms. The minimum atomic E-state index is -0.825. The first kappa shape index (κ1) is 17.1. The minimum Gasteiger partial charge on any atom is -0.480 e. The molecule has 0 aliphatic heterocycles. The largest absolute Gasteiger partial charge is 0.480 e. The average Bonchev–Trinajstić information content (AvgIpc) is 2.96. The van der Waals surface area contributed by atoms with Gasteiger partial charge in [0.2, 0.25) is 0 Å². The van der Waals surface area contributed by atoms with Gasteiger partial charge < -0.3 is 9.52 Å². The zero-order valence-corrected chi connectivity index (χ0v) is 14.6. The van der Waals surface area contributed by atoms with Crippen molar-refractivity contribution in [1.82, 2.24) is 5.32 Å². The second kappa shape index (κ2) is 8.41. The van der Waals surface area contributed by atoms with Crippen LogP contribution in [0.25, 0.3) is 11.3 Å². The number of carboxylic acid groups (broad SMARTS) is 1. The van der Waals surface area contributed by atoms with Crippen molar-refractivity contribution < 1.29 is 14.3 Å². The number of benzene rings is 1. The Morgan fingerprint density at radius 2 is 2.05 bits per heavy atom. The Labute approximate surface area is 142 Å². The summed E-state index contributed by atoms with van der Waals surface area (Å²) in [6, 6.07) is 11.1. The number of rotatable bonds is 8. The third kappa shape index (κ3) is 4.90. The highest BCUT2D eigenvalue weighted by atomic mass is 79.9. The molecule has 0 unspecified atom stereocenters. The third-order valence-corrected chi connectivity index (χ3v) is 4.39. The molecule has 22 heavy (non-hydrogen) atoms. The van der Waals surface area contributed by atoms with E-state index in [0.717, 1.165) is 27.3 Å². The van der Waals surface area contributed by atoms with Gasteiger partial charge in [0.1, 0.15) is 17.6 Å². The number of furan rings is 1. The lowest BCUT2D eigenvalue weighted by Gasteiger charge is -2.12. The lowest BCUT2D eigenvalue weighted by atomic mass is 10.2. The maximum atomic E-state index is 11.2. The number of carboxylic acids is 1. The SMILES string of the molecule is CSCC[C@@H](NCc1ccc(-c2ccc(Br)cc2)o1)C(=O)O. The number of halogens is 1. The van der Waals surface area contributed by atoms with Crippen molar-refractivity contribution in [3.05, 3.63) is 46.6 Å². The smallest absolute Gasteiger partial charge is 0.320 e. The monoisotopic (exact) mass is 383 g/mol. The van der Waals surface area contributed by atoms with Gasteiger partial charge in [-0.05, 0) is 42.7 Å². The number of carbonyl (C=O) groups is 1. The molecule has 0 amide bonds. The summed E-state index contributed by atoms with van der Waals surface area (Å²) in [6.45, 7) is 0.405. The van der Waals surface area contributed by atoms with Crippen LogP contribution < -0.4 is 5.32 Å². The maximum Gasteiger partial charge on any atom is 0.320 e. The molecule has 6 heteroatoms. The summed E-state index contributed by atoms with van der Waals surface area (Å²) in [5.74, 6) is 1.49. The average molecular weight is 384 g/mol. The maximum absolute atomic E-state index is 11.2. The normalized spacial score (nSPS) is 12.3. The van der Waals surface area contributed by atoms with Crippen LogP contribution in [-0.4, -0.2) is 29.1 Å². The summed E-state index contributed by atoms with van der Waals surface area (Å²) in [5.41, 5.74) is 0.992. The fraction of sp³-hybridized carbons (Fsp3) is 0.312. The number of thioether (sulfide) groups is 1. The van der Waals surface area contributed by atoms with E-state index in [9.17, 15) is 9.90 Å². The Balaban J connectivity index is 1.96. The van der Waals surface area contributed by atoms with Crippen molar-refractivity contribution >= 4 is 33.7 Å². The molecule has 2 aromatic rings. The molecular formula is C16H18BrNO3S. The van der Waals surface area contributed by atoms with E-state index in [2.05, 4.69) is 21.2 Å². The molecule has 2 N–H and O–H groups in total. The first-order valence-corrected chi connectivity index (χ1v) is 9.08. The first-order valence-electron chi connectivity index (χ1n) is 6.90. The van der Waals surface area contributed by atoms with Gasteiger partial charge in [-0.1, -0.05) is 28.1 Å². The summed E-state index contributed by atoms with van der Waals surface area (Å²) < 4.78 is 6.78. The van der Waals surface area contributed by atoms with Gasteiger partial charge in [0.25, 0.3) is 0 Å². The Morgan fingerprint density at radius 3 is 2.68 bits per heavy atom. The lowest BCUT2D eigenvalue weighted by molar-refractivity contribution is -0.139. The molecule has 0 radical (unpaired) electrons. The molecule has 2 rings (SSSR count). The molecule has 1 heterocycles.